The lowest BCUT2D eigenvalue weighted by molar-refractivity contribution is -0.0106. The zero-order chi connectivity index (χ0) is 17.0. The zero-order valence-corrected chi connectivity index (χ0v) is 14.5. The van der Waals surface area contributed by atoms with E-state index in [0.29, 0.717) is 31.7 Å². The Bertz CT molecular complexity index is 777. The van der Waals surface area contributed by atoms with Gasteiger partial charge in [0.1, 0.15) is 11.4 Å². The number of rotatable bonds is 5. The van der Waals surface area contributed by atoms with Crippen molar-refractivity contribution in [1.82, 2.24) is 24.7 Å². The number of hydrogen-bond donors (Lipinski definition) is 1. The molecule has 2 aromatic heterocycles. The monoisotopic (exact) mass is 344 g/mol. The molecule has 8 nitrogen and oxygen atoms in total. The Morgan fingerprint density at radius 1 is 1.32 bits per heavy atom. The molecule has 1 unspecified atom stereocenters. The smallest absolute Gasteiger partial charge is 0.178 e. The van der Waals surface area contributed by atoms with Crippen LogP contribution >= 0.6 is 0 Å². The van der Waals surface area contributed by atoms with E-state index in [1.54, 1.807) is 0 Å². The summed E-state index contributed by atoms with van der Waals surface area (Å²) in [5, 5.41) is 23.8. The van der Waals surface area contributed by atoms with Crippen molar-refractivity contribution in [2.24, 2.45) is 0 Å². The quantitative estimate of drug-likeness (QED) is 0.834. The van der Waals surface area contributed by atoms with Crippen LogP contribution in [0, 0.1) is 0 Å². The third kappa shape index (κ3) is 2.78. The fourth-order valence-electron chi connectivity index (χ4n) is 3.80. The van der Waals surface area contributed by atoms with Crippen LogP contribution in [0.2, 0.25) is 0 Å². The van der Waals surface area contributed by atoms with Crippen LogP contribution in [0.3, 0.4) is 0 Å². The first kappa shape index (κ1) is 15.5. The highest BCUT2D eigenvalue weighted by atomic mass is 16.5. The van der Waals surface area contributed by atoms with Gasteiger partial charge in [-0.3, -0.25) is 4.90 Å². The Labute approximate surface area is 146 Å². The van der Waals surface area contributed by atoms with Crippen LogP contribution in [0.25, 0.3) is 5.65 Å². The molecule has 1 aliphatic carbocycles. The second-order valence-electron chi connectivity index (χ2n) is 7.79. The molecule has 0 spiro atoms. The number of hydrogen-bond acceptors (Lipinski definition) is 7. The number of aromatic nitrogens is 4. The Kier molecular flexibility index (Phi) is 3.48. The van der Waals surface area contributed by atoms with Gasteiger partial charge in [0, 0.05) is 44.6 Å². The Morgan fingerprint density at radius 3 is 2.88 bits per heavy atom. The molecular formula is C17H24N6O2. The maximum atomic E-state index is 10.5. The molecule has 0 radical (unpaired) electrons. The Morgan fingerprint density at radius 2 is 2.16 bits per heavy atom. The molecule has 3 aliphatic rings. The van der Waals surface area contributed by atoms with E-state index in [4.69, 9.17) is 9.84 Å². The number of anilines is 1. The summed E-state index contributed by atoms with van der Waals surface area (Å²) < 4.78 is 7.25. The molecule has 2 aromatic rings. The standard InChI is InChI=1S/C17H24N6O2/c1-21(10-17(24)6-7-25-11-17)13-8-22(9-13)15-5-4-14-18-19-16(12-2-3-12)23(14)20-15/h4-5,12-13,24H,2-3,6-11H2,1H3. The molecule has 2 aliphatic heterocycles. The summed E-state index contributed by atoms with van der Waals surface area (Å²) in [6.45, 7) is 3.62. The van der Waals surface area contributed by atoms with E-state index >= 15 is 0 Å². The van der Waals surface area contributed by atoms with Crippen LogP contribution in [0.15, 0.2) is 12.1 Å². The van der Waals surface area contributed by atoms with Crippen molar-refractivity contribution in [2.75, 3.05) is 44.8 Å². The average Bonchev–Trinajstić information content (AvgIpc) is 3.16. The highest BCUT2D eigenvalue weighted by molar-refractivity contribution is 5.48. The van der Waals surface area contributed by atoms with Gasteiger partial charge in [0.2, 0.25) is 0 Å². The maximum Gasteiger partial charge on any atom is 0.178 e. The number of fused-ring (bicyclic) bond motifs is 1. The Balaban J connectivity index is 1.25. The highest BCUT2D eigenvalue weighted by Gasteiger charge is 2.38. The van der Waals surface area contributed by atoms with Gasteiger partial charge in [0.15, 0.2) is 11.5 Å². The van der Waals surface area contributed by atoms with E-state index in [2.05, 4.69) is 27.0 Å². The fourth-order valence-corrected chi connectivity index (χ4v) is 3.80. The molecule has 134 valence electrons. The van der Waals surface area contributed by atoms with Crippen LogP contribution in [0.5, 0.6) is 0 Å². The van der Waals surface area contributed by atoms with Gasteiger partial charge in [-0.05, 0) is 32.0 Å². The van der Waals surface area contributed by atoms with E-state index in [9.17, 15) is 5.11 Å². The minimum absolute atomic E-state index is 0.436. The molecule has 1 saturated carbocycles. The van der Waals surface area contributed by atoms with E-state index < -0.39 is 5.60 Å². The van der Waals surface area contributed by atoms with Gasteiger partial charge in [0.25, 0.3) is 0 Å². The minimum atomic E-state index is -0.687. The summed E-state index contributed by atoms with van der Waals surface area (Å²) in [5.74, 6) is 2.50. The molecule has 0 bridgehead atoms. The summed E-state index contributed by atoms with van der Waals surface area (Å²) in [6, 6.07) is 4.46. The van der Waals surface area contributed by atoms with E-state index in [1.165, 1.54) is 12.8 Å². The normalized spacial score (nSPS) is 27.4. The molecule has 5 rings (SSSR count). The first-order chi connectivity index (χ1) is 12.1. The second-order valence-corrected chi connectivity index (χ2v) is 7.79. The predicted octanol–water partition coefficient (Wildman–Crippen LogP) is 0.273. The van der Waals surface area contributed by atoms with E-state index in [-0.39, 0.29) is 0 Å². The van der Waals surface area contributed by atoms with Crippen molar-refractivity contribution in [2.45, 2.75) is 36.8 Å². The lowest BCUT2D eigenvalue weighted by Gasteiger charge is -2.46. The minimum Gasteiger partial charge on any atom is -0.386 e. The van der Waals surface area contributed by atoms with Gasteiger partial charge >= 0.3 is 0 Å². The molecule has 0 aromatic carbocycles. The first-order valence-electron chi connectivity index (χ1n) is 9.09. The summed E-state index contributed by atoms with van der Waals surface area (Å²) in [5.41, 5.74) is 0.136. The molecule has 1 atom stereocenters. The van der Waals surface area contributed by atoms with Crippen molar-refractivity contribution in [3.05, 3.63) is 18.0 Å². The molecule has 0 amide bonds. The predicted molar refractivity (Wildman–Crippen MR) is 91.8 cm³/mol. The summed E-state index contributed by atoms with van der Waals surface area (Å²) in [7, 11) is 2.08. The molecular weight excluding hydrogens is 320 g/mol. The number of nitrogens with zero attached hydrogens (tertiary/aromatic N) is 6. The van der Waals surface area contributed by atoms with Crippen LogP contribution in [-0.4, -0.2) is 81.4 Å². The van der Waals surface area contributed by atoms with Gasteiger partial charge in [-0.1, -0.05) is 0 Å². The number of likely N-dealkylation sites (N-methyl/N-ethyl adjacent to an activating group) is 1. The van der Waals surface area contributed by atoms with Crippen molar-refractivity contribution < 1.29 is 9.84 Å². The van der Waals surface area contributed by atoms with Crippen molar-refractivity contribution in [3.63, 3.8) is 0 Å². The number of aliphatic hydroxyl groups is 1. The summed E-state index contributed by atoms with van der Waals surface area (Å²) in [6.07, 6.45) is 3.11. The second kappa shape index (κ2) is 5.62. The topological polar surface area (TPSA) is 79.0 Å². The van der Waals surface area contributed by atoms with Gasteiger partial charge in [-0.15, -0.1) is 15.3 Å². The lowest BCUT2D eigenvalue weighted by atomic mass is 10.00. The average molecular weight is 344 g/mol. The van der Waals surface area contributed by atoms with Crippen LogP contribution in [0.4, 0.5) is 5.82 Å². The third-order valence-electron chi connectivity index (χ3n) is 5.65. The fraction of sp³-hybridized carbons (Fsp3) is 0.706. The van der Waals surface area contributed by atoms with Crippen molar-refractivity contribution in [3.8, 4) is 0 Å². The molecule has 25 heavy (non-hydrogen) atoms. The lowest BCUT2D eigenvalue weighted by Crippen LogP contribution is -2.61. The largest absolute Gasteiger partial charge is 0.386 e. The van der Waals surface area contributed by atoms with Crippen LogP contribution in [-0.2, 0) is 4.74 Å². The maximum absolute atomic E-state index is 10.5. The highest BCUT2D eigenvalue weighted by Crippen LogP contribution is 2.38. The van der Waals surface area contributed by atoms with Gasteiger partial charge < -0.3 is 14.7 Å². The van der Waals surface area contributed by atoms with E-state index in [0.717, 1.165) is 36.8 Å². The van der Waals surface area contributed by atoms with Gasteiger partial charge in [-0.2, -0.15) is 4.52 Å². The van der Waals surface area contributed by atoms with Gasteiger partial charge in [-0.25, -0.2) is 0 Å². The van der Waals surface area contributed by atoms with Crippen LogP contribution in [0.1, 0.15) is 31.0 Å². The molecule has 1 N–H and O–H groups in total. The summed E-state index contributed by atoms with van der Waals surface area (Å²) >= 11 is 0. The molecule has 4 heterocycles. The molecule has 2 saturated heterocycles. The van der Waals surface area contributed by atoms with Crippen molar-refractivity contribution >= 4 is 11.5 Å². The van der Waals surface area contributed by atoms with Crippen LogP contribution < -0.4 is 4.90 Å². The zero-order valence-electron chi connectivity index (χ0n) is 14.5. The number of ether oxygens (including phenoxy) is 1. The summed E-state index contributed by atoms with van der Waals surface area (Å²) in [4.78, 5) is 4.52. The van der Waals surface area contributed by atoms with E-state index in [1.807, 2.05) is 16.6 Å². The molecule has 3 fully saturated rings. The molecule has 8 heteroatoms. The third-order valence-corrected chi connectivity index (χ3v) is 5.65. The van der Waals surface area contributed by atoms with Gasteiger partial charge in [0.05, 0.1) is 6.61 Å². The van der Waals surface area contributed by atoms with Crippen molar-refractivity contribution in [1.29, 1.82) is 0 Å². The first-order valence-corrected chi connectivity index (χ1v) is 9.09. The Hall–Kier alpha value is -1.77. The SMILES string of the molecule is CN(CC1(O)CCOC1)C1CN(c2ccc3nnc(C4CC4)n3n2)C1.